The first-order valence-electron chi connectivity index (χ1n) is 7.28. The van der Waals surface area contributed by atoms with Crippen LogP contribution in [0.5, 0.6) is 0 Å². The zero-order valence-corrected chi connectivity index (χ0v) is 11.2. The molecule has 4 heteroatoms. The Bertz CT molecular complexity index is 483. The summed E-state index contributed by atoms with van der Waals surface area (Å²) in [7, 11) is 0. The van der Waals surface area contributed by atoms with Crippen LogP contribution in [0.25, 0.3) is 0 Å². The van der Waals surface area contributed by atoms with E-state index >= 15 is 0 Å². The largest absolute Gasteiger partial charge is 0.416 e. The van der Waals surface area contributed by atoms with E-state index < -0.39 is 17.8 Å². The van der Waals surface area contributed by atoms with Gasteiger partial charge in [-0.3, -0.25) is 0 Å². The fraction of sp³-hybridized carbons (Fsp3) is 0.625. The monoisotopic (exact) mass is 284 g/mol. The zero-order valence-electron chi connectivity index (χ0n) is 11.2. The number of aliphatic hydroxyl groups excluding tert-OH is 1. The molecule has 0 radical (unpaired) electrons. The van der Waals surface area contributed by atoms with E-state index in [-0.39, 0.29) is 0 Å². The van der Waals surface area contributed by atoms with E-state index in [2.05, 4.69) is 0 Å². The maximum atomic E-state index is 12.7. The van der Waals surface area contributed by atoms with Gasteiger partial charge in [0, 0.05) is 0 Å². The minimum absolute atomic E-state index is 0.391. The lowest BCUT2D eigenvalue weighted by atomic mass is 9.83. The van der Waals surface area contributed by atoms with Crippen molar-refractivity contribution in [1.29, 1.82) is 0 Å². The number of hydrogen-bond donors (Lipinski definition) is 1. The van der Waals surface area contributed by atoms with Gasteiger partial charge in [-0.25, -0.2) is 0 Å². The second kappa shape index (κ2) is 5.06. The van der Waals surface area contributed by atoms with Gasteiger partial charge in [0.2, 0.25) is 0 Å². The van der Waals surface area contributed by atoms with E-state index in [0.29, 0.717) is 23.8 Å². The number of hydrogen-bond acceptors (Lipinski definition) is 1. The molecule has 2 saturated carbocycles. The summed E-state index contributed by atoms with van der Waals surface area (Å²) in [5.74, 6) is 1.96. The van der Waals surface area contributed by atoms with Crippen molar-refractivity contribution in [2.45, 2.75) is 44.4 Å². The number of alkyl halides is 3. The third kappa shape index (κ3) is 2.71. The van der Waals surface area contributed by atoms with Crippen LogP contribution >= 0.6 is 0 Å². The quantitative estimate of drug-likeness (QED) is 0.862. The number of aliphatic hydroxyl groups is 1. The van der Waals surface area contributed by atoms with Gasteiger partial charge in [0.25, 0.3) is 0 Å². The third-order valence-electron chi connectivity index (χ3n) is 5.01. The van der Waals surface area contributed by atoms with Gasteiger partial charge in [-0.05, 0) is 61.1 Å². The molecule has 0 aromatic heterocycles. The van der Waals surface area contributed by atoms with E-state index in [1.165, 1.54) is 25.3 Å². The summed E-state index contributed by atoms with van der Waals surface area (Å²) in [4.78, 5) is 0. The average Bonchev–Trinajstić information content (AvgIpc) is 3.00. The first-order valence-corrected chi connectivity index (χ1v) is 7.28. The Labute approximate surface area is 116 Å². The van der Waals surface area contributed by atoms with E-state index in [9.17, 15) is 18.3 Å². The minimum Gasteiger partial charge on any atom is -0.388 e. The molecule has 1 N–H and O–H groups in total. The van der Waals surface area contributed by atoms with Crippen molar-refractivity contribution in [3.05, 3.63) is 35.4 Å². The second-order valence-electron chi connectivity index (χ2n) is 6.31. The Hall–Kier alpha value is -1.03. The molecule has 0 spiro atoms. The first-order chi connectivity index (χ1) is 9.43. The molecule has 0 heterocycles. The molecule has 2 bridgehead atoms. The Morgan fingerprint density at radius 3 is 2.60 bits per heavy atom. The van der Waals surface area contributed by atoms with Crippen LogP contribution in [0, 0.1) is 17.8 Å². The van der Waals surface area contributed by atoms with Gasteiger partial charge in [-0.1, -0.05) is 18.6 Å². The van der Waals surface area contributed by atoms with Crippen molar-refractivity contribution in [3.63, 3.8) is 0 Å². The molecule has 0 aliphatic heterocycles. The van der Waals surface area contributed by atoms with Gasteiger partial charge >= 0.3 is 6.18 Å². The van der Waals surface area contributed by atoms with Gasteiger partial charge in [0.1, 0.15) is 0 Å². The number of halogens is 3. The van der Waals surface area contributed by atoms with E-state index in [0.717, 1.165) is 24.5 Å². The highest BCUT2D eigenvalue weighted by Crippen LogP contribution is 2.51. The maximum absolute atomic E-state index is 12.7. The van der Waals surface area contributed by atoms with Gasteiger partial charge < -0.3 is 5.11 Å². The topological polar surface area (TPSA) is 20.2 Å². The fourth-order valence-electron chi connectivity index (χ4n) is 4.01. The number of rotatable bonds is 3. The Morgan fingerprint density at radius 2 is 2.00 bits per heavy atom. The van der Waals surface area contributed by atoms with Crippen LogP contribution in [-0.4, -0.2) is 5.11 Å². The molecular formula is C16H19F3O. The summed E-state index contributed by atoms with van der Waals surface area (Å²) >= 11 is 0. The Balaban J connectivity index is 1.69. The smallest absolute Gasteiger partial charge is 0.388 e. The average molecular weight is 284 g/mol. The SMILES string of the molecule is OC(CC1CC2CCC1C2)c1cccc(C(F)(F)F)c1. The molecule has 4 atom stereocenters. The van der Waals surface area contributed by atoms with Crippen LogP contribution in [0.4, 0.5) is 13.2 Å². The molecule has 20 heavy (non-hydrogen) atoms. The van der Waals surface area contributed by atoms with Crippen LogP contribution in [0.3, 0.4) is 0 Å². The highest BCUT2D eigenvalue weighted by atomic mass is 19.4. The van der Waals surface area contributed by atoms with Gasteiger partial charge in [0.15, 0.2) is 0 Å². The van der Waals surface area contributed by atoms with Gasteiger partial charge in [0.05, 0.1) is 11.7 Å². The lowest BCUT2D eigenvalue weighted by molar-refractivity contribution is -0.137. The zero-order chi connectivity index (χ0) is 14.3. The molecule has 110 valence electrons. The highest BCUT2D eigenvalue weighted by Gasteiger charge is 2.40. The summed E-state index contributed by atoms with van der Waals surface area (Å²) < 4.78 is 38.0. The van der Waals surface area contributed by atoms with Crippen LogP contribution in [0.1, 0.15) is 49.3 Å². The molecule has 2 aliphatic carbocycles. The predicted molar refractivity (Wildman–Crippen MR) is 70.0 cm³/mol. The lowest BCUT2D eigenvalue weighted by Gasteiger charge is -2.24. The minimum atomic E-state index is -4.35. The van der Waals surface area contributed by atoms with Crippen LogP contribution in [0.15, 0.2) is 24.3 Å². The van der Waals surface area contributed by atoms with Crippen molar-refractivity contribution >= 4 is 0 Å². The third-order valence-corrected chi connectivity index (χ3v) is 5.01. The van der Waals surface area contributed by atoms with Crippen LogP contribution < -0.4 is 0 Å². The summed E-state index contributed by atoms with van der Waals surface area (Å²) in [6.07, 6.45) is 0.387. The maximum Gasteiger partial charge on any atom is 0.416 e. The summed E-state index contributed by atoms with van der Waals surface area (Å²) in [6, 6.07) is 5.10. The molecule has 2 aliphatic rings. The molecule has 1 aromatic rings. The van der Waals surface area contributed by atoms with E-state index in [1.54, 1.807) is 6.07 Å². The molecule has 0 amide bonds. The molecule has 2 fully saturated rings. The molecule has 4 unspecified atom stereocenters. The Kier molecular flexibility index (Phi) is 3.53. The van der Waals surface area contributed by atoms with E-state index in [1.807, 2.05) is 0 Å². The van der Waals surface area contributed by atoms with E-state index in [4.69, 9.17) is 0 Å². The highest BCUT2D eigenvalue weighted by molar-refractivity contribution is 5.27. The lowest BCUT2D eigenvalue weighted by Crippen LogP contribution is -2.15. The summed E-state index contributed by atoms with van der Waals surface area (Å²) in [5, 5.41) is 10.2. The van der Waals surface area contributed by atoms with Gasteiger partial charge in [-0.2, -0.15) is 13.2 Å². The van der Waals surface area contributed by atoms with Crippen molar-refractivity contribution < 1.29 is 18.3 Å². The second-order valence-corrected chi connectivity index (χ2v) is 6.31. The Morgan fingerprint density at radius 1 is 1.20 bits per heavy atom. The number of fused-ring (bicyclic) bond motifs is 2. The summed E-state index contributed by atoms with van der Waals surface area (Å²) in [5.41, 5.74) is -0.287. The van der Waals surface area contributed by atoms with Crippen molar-refractivity contribution in [3.8, 4) is 0 Å². The standard InChI is InChI=1S/C16H19F3O/c17-16(18,19)14-3-1-2-12(8-14)15(20)9-13-7-10-4-5-11(13)6-10/h1-3,8,10-11,13,15,20H,4-7,9H2. The molecule has 1 nitrogen and oxygen atoms in total. The summed E-state index contributed by atoms with van der Waals surface area (Å²) in [6.45, 7) is 0. The molecular weight excluding hydrogens is 265 g/mol. The first kappa shape index (κ1) is 13.9. The van der Waals surface area contributed by atoms with Crippen molar-refractivity contribution in [2.24, 2.45) is 17.8 Å². The molecule has 3 rings (SSSR count). The van der Waals surface area contributed by atoms with Crippen molar-refractivity contribution in [1.82, 2.24) is 0 Å². The van der Waals surface area contributed by atoms with Crippen molar-refractivity contribution in [2.75, 3.05) is 0 Å². The van der Waals surface area contributed by atoms with Crippen LogP contribution in [0.2, 0.25) is 0 Å². The molecule has 0 saturated heterocycles. The fourth-order valence-corrected chi connectivity index (χ4v) is 4.01. The number of benzene rings is 1. The van der Waals surface area contributed by atoms with Crippen LogP contribution in [-0.2, 0) is 6.18 Å². The normalized spacial score (nSPS) is 30.7. The van der Waals surface area contributed by atoms with Gasteiger partial charge in [-0.15, -0.1) is 0 Å². The molecule has 1 aromatic carbocycles. The predicted octanol–water partition coefficient (Wildman–Crippen LogP) is 4.57.